The molecule has 0 aromatic heterocycles. The van der Waals surface area contributed by atoms with Crippen molar-refractivity contribution in [3.8, 4) is 0 Å². The van der Waals surface area contributed by atoms with E-state index in [0.29, 0.717) is 13.0 Å². The van der Waals surface area contributed by atoms with Crippen LogP contribution in [0.5, 0.6) is 0 Å². The van der Waals surface area contributed by atoms with Crippen molar-refractivity contribution < 1.29 is 9.59 Å². The van der Waals surface area contributed by atoms with E-state index in [1.165, 1.54) is 4.90 Å². The summed E-state index contributed by atoms with van der Waals surface area (Å²) in [7, 11) is 1.82. The third-order valence-electron chi connectivity index (χ3n) is 2.67. The van der Waals surface area contributed by atoms with Gasteiger partial charge >= 0.3 is 0 Å². The van der Waals surface area contributed by atoms with Crippen molar-refractivity contribution in [1.82, 2.24) is 10.2 Å². The fourth-order valence-corrected chi connectivity index (χ4v) is 1.58. The quantitative estimate of drug-likeness (QED) is 0.667. The Hall–Kier alpha value is -0.900. The number of likely N-dealkylation sites (tertiary alicyclic amines) is 1. The van der Waals surface area contributed by atoms with Crippen molar-refractivity contribution >= 4 is 11.8 Å². The largest absolute Gasteiger partial charge is 0.315 e. The number of amides is 2. The van der Waals surface area contributed by atoms with Crippen LogP contribution >= 0.6 is 0 Å². The first kappa shape index (κ1) is 11.2. The minimum absolute atomic E-state index is 0.0513. The van der Waals surface area contributed by atoms with E-state index in [9.17, 15) is 9.59 Å². The molecule has 0 spiro atoms. The van der Waals surface area contributed by atoms with Crippen LogP contribution in [0.25, 0.3) is 0 Å². The third-order valence-corrected chi connectivity index (χ3v) is 2.67. The number of nitrogens with zero attached hydrogens (tertiary/aromatic N) is 1. The van der Waals surface area contributed by atoms with Crippen molar-refractivity contribution in [2.45, 2.75) is 33.2 Å². The molecule has 1 N–H and O–H groups in total. The maximum absolute atomic E-state index is 11.8. The number of nitrogens with one attached hydrogen (secondary N) is 1. The van der Waals surface area contributed by atoms with Crippen LogP contribution in [0.3, 0.4) is 0 Å². The molecule has 0 bridgehead atoms. The number of carbonyl (C=O) groups is 2. The summed E-state index contributed by atoms with van der Waals surface area (Å²) in [6.45, 7) is 6.05. The highest BCUT2D eigenvalue weighted by molar-refractivity contribution is 6.05. The smallest absolute Gasteiger partial charge is 0.235 e. The Labute approximate surface area is 84.7 Å². The van der Waals surface area contributed by atoms with Gasteiger partial charge in [0, 0.05) is 19.0 Å². The van der Waals surface area contributed by atoms with Crippen LogP contribution in [0.1, 0.15) is 27.2 Å². The molecule has 0 radical (unpaired) electrons. The summed E-state index contributed by atoms with van der Waals surface area (Å²) < 4.78 is 0. The molecule has 0 aliphatic carbocycles. The fraction of sp³-hybridized carbons (Fsp3) is 0.800. The zero-order valence-corrected chi connectivity index (χ0v) is 9.26. The van der Waals surface area contributed by atoms with Crippen molar-refractivity contribution in [3.05, 3.63) is 0 Å². The Bertz CT molecular complexity index is 261. The molecule has 1 rings (SSSR count). The summed E-state index contributed by atoms with van der Waals surface area (Å²) in [5.74, 6) is -0.105. The first-order valence-corrected chi connectivity index (χ1v) is 4.90. The summed E-state index contributed by atoms with van der Waals surface area (Å²) in [5.41, 5.74) is -0.509. The van der Waals surface area contributed by atoms with Crippen LogP contribution in [0, 0.1) is 5.41 Å². The number of imide groups is 1. The SMILES string of the molecule is CNC(C)CN1C(=O)CC(C)(C)C1=O. The van der Waals surface area contributed by atoms with Crippen molar-refractivity contribution in [3.63, 3.8) is 0 Å². The molecule has 0 aromatic rings. The zero-order chi connectivity index (χ0) is 10.9. The molecule has 4 heteroatoms. The van der Waals surface area contributed by atoms with Gasteiger partial charge in [0.25, 0.3) is 0 Å². The molecule has 1 unspecified atom stereocenters. The summed E-state index contributed by atoms with van der Waals surface area (Å²) >= 11 is 0. The Morgan fingerprint density at radius 1 is 1.50 bits per heavy atom. The molecule has 2 amide bonds. The summed E-state index contributed by atoms with van der Waals surface area (Å²) in [6, 6.07) is 0.150. The first-order valence-electron chi connectivity index (χ1n) is 4.90. The highest BCUT2D eigenvalue weighted by atomic mass is 16.2. The lowest BCUT2D eigenvalue weighted by Gasteiger charge is -2.21. The average molecular weight is 198 g/mol. The predicted molar refractivity (Wildman–Crippen MR) is 53.6 cm³/mol. The van der Waals surface area contributed by atoms with E-state index < -0.39 is 5.41 Å². The van der Waals surface area contributed by atoms with E-state index in [0.717, 1.165) is 0 Å². The lowest BCUT2D eigenvalue weighted by atomic mass is 9.92. The van der Waals surface area contributed by atoms with Gasteiger partial charge in [0.2, 0.25) is 11.8 Å². The summed E-state index contributed by atoms with van der Waals surface area (Å²) in [5, 5.41) is 3.01. The molecular weight excluding hydrogens is 180 g/mol. The van der Waals surface area contributed by atoms with Crippen LogP contribution < -0.4 is 5.32 Å². The monoisotopic (exact) mass is 198 g/mol. The van der Waals surface area contributed by atoms with Gasteiger partial charge in [0.1, 0.15) is 0 Å². The van der Waals surface area contributed by atoms with Crippen molar-refractivity contribution in [1.29, 1.82) is 0 Å². The molecular formula is C10H18N2O2. The normalized spacial score (nSPS) is 23.0. The van der Waals surface area contributed by atoms with Gasteiger partial charge in [-0.1, -0.05) is 13.8 Å². The van der Waals surface area contributed by atoms with E-state index in [1.807, 2.05) is 27.8 Å². The Morgan fingerprint density at radius 3 is 2.43 bits per heavy atom. The predicted octanol–water partition coefficient (Wildman–Crippen LogP) is 0.379. The van der Waals surface area contributed by atoms with Crippen LogP contribution in [0.15, 0.2) is 0 Å². The standard InChI is InChI=1S/C10H18N2O2/c1-7(11-4)6-12-8(13)5-10(2,3)9(12)14/h7,11H,5-6H2,1-4H3. The van der Waals surface area contributed by atoms with E-state index in [-0.39, 0.29) is 17.9 Å². The van der Waals surface area contributed by atoms with Crippen LogP contribution in [-0.2, 0) is 9.59 Å². The van der Waals surface area contributed by atoms with E-state index in [1.54, 1.807) is 0 Å². The Morgan fingerprint density at radius 2 is 2.07 bits per heavy atom. The second-order valence-corrected chi connectivity index (χ2v) is 4.56. The average Bonchev–Trinajstić information content (AvgIpc) is 2.28. The van der Waals surface area contributed by atoms with Gasteiger partial charge in [-0.25, -0.2) is 0 Å². The van der Waals surface area contributed by atoms with Gasteiger partial charge in [-0.05, 0) is 14.0 Å². The maximum atomic E-state index is 11.8. The van der Waals surface area contributed by atoms with Gasteiger partial charge in [0.05, 0.1) is 5.41 Å². The minimum atomic E-state index is -0.509. The van der Waals surface area contributed by atoms with Gasteiger partial charge in [-0.15, -0.1) is 0 Å². The molecule has 4 nitrogen and oxygen atoms in total. The highest BCUT2D eigenvalue weighted by Gasteiger charge is 2.44. The summed E-state index contributed by atoms with van der Waals surface area (Å²) in [4.78, 5) is 24.7. The zero-order valence-electron chi connectivity index (χ0n) is 9.26. The molecule has 0 saturated carbocycles. The number of hydrogen-bond donors (Lipinski definition) is 1. The molecule has 1 atom stereocenters. The Balaban J connectivity index is 2.71. The van der Waals surface area contributed by atoms with Crippen LogP contribution in [0.4, 0.5) is 0 Å². The van der Waals surface area contributed by atoms with Crippen molar-refractivity contribution in [2.24, 2.45) is 5.41 Å². The molecule has 1 aliphatic rings. The van der Waals surface area contributed by atoms with Gasteiger partial charge in [0.15, 0.2) is 0 Å². The highest BCUT2D eigenvalue weighted by Crippen LogP contribution is 2.31. The number of rotatable bonds is 3. The fourth-order valence-electron chi connectivity index (χ4n) is 1.58. The minimum Gasteiger partial charge on any atom is -0.315 e. The lowest BCUT2D eigenvalue weighted by molar-refractivity contribution is -0.141. The van der Waals surface area contributed by atoms with Crippen molar-refractivity contribution in [2.75, 3.05) is 13.6 Å². The van der Waals surface area contributed by atoms with Gasteiger partial charge < -0.3 is 5.32 Å². The third kappa shape index (κ3) is 1.95. The summed E-state index contributed by atoms with van der Waals surface area (Å²) in [6.07, 6.45) is 0.336. The van der Waals surface area contributed by atoms with E-state index in [2.05, 4.69) is 5.32 Å². The van der Waals surface area contributed by atoms with Crippen LogP contribution in [-0.4, -0.2) is 36.3 Å². The molecule has 1 aliphatic heterocycles. The first-order chi connectivity index (χ1) is 6.38. The van der Waals surface area contributed by atoms with E-state index in [4.69, 9.17) is 0 Å². The van der Waals surface area contributed by atoms with E-state index >= 15 is 0 Å². The number of hydrogen-bond acceptors (Lipinski definition) is 3. The topological polar surface area (TPSA) is 49.4 Å². The molecule has 0 aromatic carbocycles. The molecule has 14 heavy (non-hydrogen) atoms. The lowest BCUT2D eigenvalue weighted by Crippen LogP contribution is -2.42. The molecule has 80 valence electrons. The van der Waals surface area contributed by atoms with Gasteiger partial charge in [-0.2, -0.15) is 0 Å². The second kappa shape index (κ2) is 3.69. The maximum Gasteiger partial charge on any atom is 0.235 e. The van der Waals surface area contributed by atoms with Gasteiger partial charge in [-0.3, -0.25) is 14.5 Å². The molecule has 1 heterocycles. The second-order valence-electron chi connectivity index (χ2n) is 4.56. The molecule has 1 fully saturated rings. The molecule has 1 saturated heterocycles. The number of likely N-dealkylation sites (N-methyl/N-ethyl adjacent to an activating group) is 1. The number of carbonyl (C=O) groups excluding carboxylic acids is 2. The van der Waals surface area contributed by atoms with Crippen LogP contribution in [0.2, 0.25) is 0 Å². The Kier molecular flexibility index (Phi) is 2.95.